The maximum atomic E-state index is 12.3. The second-order valence-corrected chi connectivity index (χ2v) is 10.7. The van der Waals surface area contributed by atoms with Gasteiger partial charge in [0.25, 0.3) is 0 Å². The monoisotopic (exact) mass is 698 g/mol. The van der Waals surface area contributed by atoms with Crippen LogP contribution in [-0.4, -0.2) is 33.4 Å². The van der Waals surface area contributed by atoms with Crippen LogP contribution in [0, 0.1) is 0 Å². The van der Waals surface area contributed by atoms with E-state index in [0.717, 1.165) is 33.6 Å². The Balaban J connectivity index is 0.00000368. The first-order valence-corrected chi connectivity index (χ1v) is 14.3. The number of para-hydroxylation sites is 1. The Hall–Kier alpha value is -4.55. The number of amidine groups is 1. The lowest BCUT2D eigenvalue weighted by Gasteiger charge is -2.11. The van der Waals surface area contributed by atoms with Gasteiger partial charge in [-0.3, -0.25) is 0 Å². The van der Waals surface area contributed by atoms with Crippen LogP contribution in [0.1, 0.15) is 21.5 Å². The quantitative estimate of drug-likeness (QED) is 0.0792. The standard InChI is InChI=1S/C33H26N6O2S.HI/c34-24-14-10-22(11-15-24)29-20-42-33(36-29)38-37-28(21-6-2-1-3-7-21)19-39-30-9-5-4-8-26(30)27(32(40)41)18-31(39)23-12-16-25(35)17-13-23;/h1-18,35H,19-20H2,(H3,34,36,38,40,41);1H/b37-28-;. The minimum atomic E-state index is -0.994. The summed E-state index contributed by atoms with van der Waals surface area (Å²) in [6, 6.07) is 34.1. The number of benzene rings is 4. The molecule has 1 aliphatic heterocycles. The van der Waals surface area contributed by atoms with Gasteiger partial charge in [0, 0.05) is 40.4 Å². The van der Waals surface area contributed by atoms with Crippen molar-refractivity contribution in [1.29, 1.82) is 0 Å². The molecule has 5 aromatic rings. The summed E-state index contributed by atoms with van der Waals surface area (Å²) in [6.07, 6.45) is 0. The highest BCUT2D eigenvalue weighted by molar-refractivity contribution is 8.15. The molecule has 0 atom stereocenters. The number of aromatic carboxylic acids is 1. The molecule has 0 spiro atoms. The maximum Gasteiger partial charge on any atom is 0.336 e. The van der Waals surface area contributed by atoms with Crippen molar-refractivity contribution in [3.05, 3.63) is 126 Å². The Labute approximate surface area is 269 Å². The zero-order valence-electron chi connectivity index (χ0n) is 22.9. The second kappa shape index (κ2) is 13.2. The van der Waals surface area contributed by atoms with Crippen LogP contribution in [0.3, 0.4) is 0 Å². The van der Waals surface area contributed by atoms with E-state index in [1.54, 1.807) is 18.2 Å². The lowest BCUT2D eigenvalue weighted by molar-refractivity contribution is -0.644. The van der Waals surface area contributed by atoms with E-state index >= 15 is 0 Å². The van der Waals surface area contributed by atoms with E-state index in [0.29, 0.717) is 39.9 Å². The molecule has 8 nitrogen and oxygen atoms in total. The number of carboxylic acid groups (broad SMARTS) is 1. The van der Waals surface area contributed by atoms with Crippen molar-refractivity contribution in [2.24, 2.45) is 15.2 Å². The summed E-state index contributed by atoms with van der Waals surface area (Å²) < 4.78 is 2.07. The summed E-state index contributed by atoms with van der Waals surface area (Å²) >= 11 is 1.53. The predicted molar refractivity (Wildman–Crippen MR) is 171 cm³/mol. The predicted octanol–water partition coefficient (Wildman–Crippen LogP) is 2.66. The lowest BCUT2D eigenvalue weighted by atomic mass is 10.0. The first-order valence-electron chi connectivity index (χ1n) is 13.3. The molecule has 0 radical (unpaired) electrons. The van der Waals surface area contributed by atoms with Crippen molar-refractivity contribution in [2.75, 3.05) is 17.2 Å². The van der Waals surface area contributed by atoms with Gasteiger partial charge in [-0.2, -0.15) is 4.57 Å². The highest BCUT2D eigenvalue weighted by Gasteiger charge is 2.26. The number of carboxylic acids is 1. The summed E-state index contributed by atoms with van der Waals surface area (Å²) in [4.78, 5) is 17.0. The first-order chi connectivity index (χ1) is 20.5. The molecular weight excluding hydrogens is 671 g/mol. The third-order valence-corrected chi connectivity index (χ3v) is 7.83. The number of thioether (sulfide) groups is 1. The number of nitrogens with zero attached hydrogens (tertiary/aromatic N) is 4. The highest BCUT2D eigenvalue weighted by Crippen LogP contribution is 2.25. The lowest BCUT2D eigenvalue weighted by Crippen LogP contribution is -3.00. The van der Waals surface area contributed by atoms with Crippen molar-refractivity contribution in [3.63, 3.8) is 0 Å². The fourth-order valence-corrected chi connectivity index (χ4v) is 5.62. The third kappa shape index (κ3) is 6.60. The fourth-order valence-electron chi connectivity index (χ4n) is 4.85. The molecule has 0 saturated carbocycles. The average molecular weight is 699 g/mol. The number of hydrogen-bond acceptors (Lipinski definition) is 6. The molecule has 5 N–H and O–H groups in total. The number of fused-ring (bicyclic) bond motifs is 1. The van der Waals surface area contributed by atoms with Crippen molar-refractivity contribution in [2.45, 2.75) is 6.54 Å². The van der Waals surface area contributed by atoms with Crippen molar-refractivity contribution >= 4 is 56.6 Å². The Kier molecular flexibility index (Phi) is 9.17. The molecule has 214 valence electrons. The van der Waals surface area contributed by atoms with Crippen LogP contribution in [0.25, 0.3) is 22.2 Å². The van der Waals surface area contributed by atoms with Crippen molar-refractivity contribution in [1.82, 2.24) is 0 Å². The molecule has 0 bridgehead atoms. The largest absolute Gasteiger partial charge is 1.00 e. The number of hydrogen-bond donors (Lipinski definition) is 3. The Morgan fingerprint density at radius 1 is 0.860 bits per heavy atom. The van der Waals surface area contributed by atoms with E-state index in [9.17, 15) is 9.90 Å². The topological polar surface area (TPSA) is 130 Å². The van der Waals surface area contributed by atoms with Gasteiger partial charge in [0.2, 0.25) is 16.4 Å². The summed E-state index contributed by atoms with van der Waals surface area (Å²) in [6.45, 7) is 0.333. The zero-order chi connectivity index (χ0) is 29.1. The number of nitrogen functional groups attached to an aromatic ring is 2. The maximum absolute atomic E-state index is 12.3. The molecule has 4 aromatic carbocycles. The van der Waals surface area contributed by atoms with Gasteiger partial charge in [0.05, 0.1) is 16.7 Å². The number of halogens is 1. The number of rotatable bonds is 7. The van der Waals surface area contributed by atoms with Crippen LogP contribution in [0.4, 0.5) is 11.4 Å². The molecule has 0 aliphatic carbocycles. The van der Waals surface area contributed by atoms with Crippen LogP contribution in [0.15, 0.2) is 124 Å². The van der Waals surface area contributed by atoms with Crippen molar-refractivity contribution in [3.8, 4) is 11.3 Å². The molecule has 0 fully saturated rings. The van der Waals surface area contributed by atoms with Crippen LogP contribution >= 0.6 is 11.8 Å². The second-order valence-electron chi connectivity index (χ2n) is 9.74. The molecule has 1 aliphatic rings. The smallest absolute Gasteiger partial charge is 0.336 e. The van der Waals surface area contributed by atoms with Crippen LogP contribution < -0.4 is 40.0 Å². The molecule has 1 aromatic heterocycles. The van der Waals surface area contributed by atoms with E-state index in [1.807, 2.05) is 91.0 Å². The zero-order valence-corrected chi connectivity index (χ0v) is 25.9. The number of nitrogens with two attached hydrogens (primary N) is 2. The van der Waals surface area contributed by atoms with E-state index < -0.39 is 5.97 Å². The van der Waals surface area contributed by atoms with Crippen molar-refractivity contribution < 1.29 is 38.4 Å². The Morgan fingerprint density at radius 2 is 1.49 bits per heavy atom. The fraction of sp³-hybridized carbons (Fsp3) is 0.0606. The molecule has 0 unspecified atom stereocenters. The normalized spacial score (nSPS) is 14.0. The number of aliphatic imine (C=N–C) groups is 1. The van der Waals surface area contributed by atoms with Crippen LogP contribution in [-0.2, 0) is 6.54 Å². The van der Waals surface area contributed by atoms with E-state index in [4.69, 9.17) is 21.6 Å². The molecule has 43 heavy (non-hydrogen) atoms. The third-order valence-electron chi connectivity index (χ3n) is 6.98. The van der Waals surface area contributed by atoms with Gasteiger partial charge >= 0.3 is 5.97 Å². The van der Waals surface area contributed by atoms with Gasteiger partial charge in [0.15, 0.2) is 6.54 Å². The highest BCUT2D eigenvalue weighted by atomic mass is 127. The number of pyridine rings is 1. The molecular formula is C33H27IN6O2S. The van der Waals surface area contributed by atoms with Gasteiger partial charge in [-0.15, -0.1) is 10.2 Å². The molecule has 0 saturated heterocycles. The minimum Gasteiger partial charge on any atom is -1.00 e. The molecule has 2 heterocycles. The number of anilines is 2. The van der Waals surface area contributed by atoms with E-state index in [2.05, 4.69) is 9.67 Å². The minimum absolute atomic E-state index is 0. The first kappa shape index (κ1) is 29.9. The summed E-state index contributed by atoms with van der Waals surface area (Å²) in [5.41, 5.74) is 19.2. The summed E-state index contributed by atoms with van der Waals surface area (Å²) in [5.74, 6) is -0.303. The molecule has 6 rings (SSSR count). The van der Waals surface area contributed by atoms with Gasteiger partial charge in [-0.25, -0.2) is 9.79 Å². The van der Waals surface area contributed by atoms with Crippen LogP contribution in [0.2, 0.25) is 0 Å². The van der Waals surface area contributed by atoms with Crippen LogP contribution in [0.5, 0.6) is 0 Å². The number of carbonyl (C=O) groups is 1. The molecule has 10 heteroatoms. The Bertz CT molecular complexity index is 1890. The summed E-state index contributed by atoms with van der Waals surface area (Å²) in [5, 5.41) is 20.6. The van der Waals surface area contributed by atoms with Gasteiger partial charge in [-0.05, 0) is 48.0 Å². The van der Waals surface area contributed by atoms with Gasteiger partial charge in [-0.1, -0.05) is 66.4 Å². The van der Waals surface area contributed by atoms with E-state index in [-0.39, 0.29) is 29.5 Å². The van der Waals surface area contributed by atoms with Gasteiger partial charge in [0.1, 0.15) is 5.71 Å². The number of aromatic nitrogens is 1. The van der Waals surface area contributed by atoms with Gasteiger partial charge < -0.3 is 40.6 Å². The molecule has 0 amide bonds. The SMILES string of the molecule is Nc1ccc(C2=N/C(=N/N=C(/C[n+]3c(-c4ccc(N)cc4)cc(C(=O)O)c4ccccc43)c3ccccc3)SC2)cc1.[I-]. The average Bonchev–Trinajstić information content (AvgIpc) is 3.49. The summed E-state index contributed by atoms with van der Waals surface area (Å²) in [7, 11) is 0. The van der Waals surface area contributed by atoms with E-state index in [1.165, 1.54) is 11.8 Å². The Morgan fingerprint density at radius 3 is 2.16 bits per heavy atom.